The Balaban J connectivity index is 2.58. The molecule has 0 aliphatic heterocycles. The first kappa shape index (κ1) is 18.7. The lowest BCUT2D eigenvalue weighted by Gasteiger charge is -2.24. The fourth-order valence-corrected chi connectivity index (χ4v) is 2.52. The minimum absolute atomic E-state index is 0.0122. The van der Waals surface area contributed by atoms with E-state index in [9.17, 15) is 4.79 Å². The van der Waals surface area contributed by atoms with Gasteiger partial charge in [0.2, 0.25) is 0 Å². The maximum atomic E-state index is 12.4. The number of carbonyl (C=O) groups is 1. The molecule has 0 aromatic heterocycles. The van der Waals surface area contributed by atoms with Crippen LogP contribution in [0.4, 0.5) is 0 Å². The van der Waals surface area contributed by atoms with Gasteiger partial charge >= 0.3 is 5.97 Å². The van der Waals surface area contributed by atoms with E-state index in [2.05, 4.69) is 38.1 Å². The van der Waals surface area contributed by atoms with Gasteiger partial charge < -0.3 is 4.74 Å². The highest BCUT2D eigenvalue weighted by atomic mass is 16.6. The third kappa shape index (κ3) is 8.21. The summed E-state index contributed by atoms with van der Waals surface area (Å²) in [5.74, 6) is 0.666. The lowest BCUT2D eigenvalue weighted by atomic mass is 9.92. The van der Waals surface area contributed by atoms with Crippen LogP contribution in [-0.4, -0.2) is 11.6 Å². The van der Waals surface area contributed by atoms with Crippen molar-refractivity contribution in [1.29, 1.82) is 0 Å². The summed E-state index contributed by atoms with van der Waals surface area (Å²) in [6.07, 6.45) is 5.00. The van der Waals surface area contributed by atoms with Gasteiger partial charge in [-0.15, -0.1) is 0 Å². The van der Waals surface area contributed by atoms with Gasteiger partial charge in [-0.1, -0.05) is 57.0 Å². The summed E-state index contributed by atoms with van der Waals surface area (Å²) in [5.41, 5.74) is 0.889. The van der Waals surface area contributed by atoms with E-state index in [1.165, 1.54) is 12.0 Å². The fraction of sp³-hybridized carbons (Fsp3) is 0.650. The monoisotopic (exact) mass is 304 g/mol. The van der Waals surface area contributed by atoms with E-state index in [1.807, 2.05) is 26.8 Å². The molecule has 1 rings (SSSR count). The minimum Gasteiger partial charge on any atom is -0.460 e. The smallest absolute Gasteiger partial charge is 0.309 e. The molecule has 0 radical (unpaired) electrons. The molecule has 0 heterocycles. The molecule has 0 spiro atoms. The highest BCUT2D eigenvalue weighted by Crippen LogP contribution is 2.22. The average Bonchev–Trinajstić information content (AvgIpc) is 2.41. The van der Waals surface area contributed by atoms with Crippen molar-refractivity contribution in [2.24, 2.45) is 11.8 Å². The van der Waals surface area contributed by atoms with Gasteiger partial charge in [0.1, 0.15) is 5.60 Å². The van der Waals surface area contributed by atoms with Gasteiger partial charge in [-0.05, 0) is 51.5 Å². The van der Waals surface area contributed by atoms with Crippen LogP contribution in [-0.2, 0) is 16.0 Å². The van der Waals surface area contributed by atoms with Gasteiger partial charge in [-0.25, -0.2) is 0 Å². The van der Waals surface area contributed by atoms with Crippen molar-refractivity contribution in [2.45, 2.75) is 72.3 Å². The molecule has 2 heteroatoms. The second kappa shape index (κ2) is 8.97. The predicted molar refractivity (Wildman–Crippen MR) is 92.8 cm³/mol. The molecule has 1 aromatic rings. The first-order valence-corrected chi connectivity index (χ1v) is 8.54. The van der Waals surface area contributed by atoms with Gasteiger partial charge in [0.05, 0.1) is 5.92 Å². The molecule has 2 nitrogen and oxygen atoms in total. The number of ether oxygens (including phenoxy) is 1. The number of aryl methyl sites for hydroxylation is 1. The molecule has 1 aromatic carbocycles. The zero-order valence-corrected chi connectivity index (χ0v) is 14.9. The molecule has 0 fully saturated rings. The second-order valence-corrected chi connectivity index (χ2v) is 7.58. The Morgan fingerprint density at radius 1 is 1.05 bits per heavy atom. The molecule has 124 valence electrons. The molecule has 0 saturated carbocycles. The largest absolute Gasteiger partial charge is 0.460 e. The maximum Gasteiger partial charge on any atom is 0.309 e. The Hall–Kier alpha value is -1.31. The number of carbonyl (C=O) groups excluding carboxylic acids is 1. The van der Waals surface area contributed by atoms with Crippen molar-refractivity contribution in [3.63, 3.8) is 0 Å². The first-order chi connectivity index (χ1) is 10.3. The van der Waals surface area contributed by atoms with Crippen LogP contribution >= 0.6 is 0 Å². The number of hydrogen-bond acceptors (Lipinski definition) is 2. The number of hydrogen-bond donors (Lipinski definition) is 0. The van der Waals surface area contributed by atoms with Crippen molar-refractivity contribution in [3.05, 3.63) is 35.9 Å². The van der Waals surface area contributed by atoms with Crippen molar-refractivity contribution in [1.82, 2.24) is 0 Å². The summed E-state index contributed by atoms with van der Waals surface area (Å²) in [7, 11) is 0. The van der Waals surface area contributed by atoms with Gasteiger partial charge in [0, 0.05) is 0 Å². The molecule has 0 aliphatic rings. The average molecular weight is 304 g/mol. The van der Waals surface area contributed by atoms with Crippen LogP contribution in [0.25, 0.3) is 0 Å². The van der Waals surface area contributed by atoms with Gasteiger partial charge in [-0.3, -0.25) is 4.79 Å². The second-order valence-electron chi connectivity index (χ2n) is 7.58. The Morgan fingerprint density at radius 2 is 1.68 bits per heavy atom. The molecule has 1 atom stereocenters. The molecular formula is C20H32O2. The molecule has 0 aliphatic carbocycles. The maximum absolute atomic E-state index is 12.4. The molecule has 1 unspecified atom stereocenters. The zero-order chi connectivity index (χ0) is 16.6. The van der Waals surface area contributed by atoms with E-state index in [0.29, 0.717) is 5.92 Å². The highest BCUT2D eigenvalue weighted by molar-refractivity contribution is 5.72. The van der Waals surface area contributed by atoms with Crippen LogP contribution in [0.2, 0.25) is 0 Å². The van der Waals surface area contributed by atoms with Crippen molar-refractivity contribution in [2.75, 3.05) is 0 Å². The predicted octanol–water partition coefficient (Wildman–Crippen LogP) is 5.40. The SMILES string of the molecule is CC(C)CCCC(CCc1ccccc1)C(=O)OC(C)(C)C. The summed E-state index contributed by atoms with van der Waals surface area (Å²) in [6, 6.07) is 10.4. The van der Waals surface area contributed by atoms with Crippen LogP contribution < -0.4 is 0 Å². The molecular weight excluding hydrogens is 272 g/mol. The van der Waals surface area contributed by atoms with E-state index in [1.54, 1.807) is 0 Å². The Labute approximate surface area is 136 Å². The lowest BCUT2D eigenvalue weighted by molar-refractivity contribution is -0.160. The Bertz CT molecular complexity index is 429. The quantitative estimate of drug-likeness (QED) is 0.601. The summed E-state index contributed by atoms with van der Waals surface area (Å²) >= 11 is 0. The highest BCUT2D eigenvalue weighted by Gasteiger charge is 2.24. The minimum atomic E-state index is -0.403. The van der Waals surface area contributed by atoms with E-state index in [-0.39, 0.29) is 11.9 Å². The van der Waals surface area contributed by atoms with Crippen LogP contribution in [0.15, 0.2) is 30.3 Å². The van der Waals surface area contributed by atoms with Crippen LogP contribution in [0.5, 0.6) is 0 Å². The van der Waals surface area contributed by atoms with E-state index >= 15 is 0 Å². The standard InChI is InChI=1S/C20H32O2/c1-16(2)10-9-13-18(19(21)22-20(3,4)5)15-14-17-11-7-6-8-12-17/h6-8,11-12,16,18H,9-10,13-15H2,1-5H3. The Kier molecular flexibility index (Phi) is 7.64. The number of rotatable bonds is 8. The van der Waals surface area contributed by atoms with E-state index in [0.717, 1.165) is 25.7 Å². The normalized spacial score (nSPS) is 13.2. The third-order valence-corrected chi connectivity index (χ3v) is 3.70. The molecule has 0 N–H and O–H groups in total. The van der Waals surface area contributed by atoms with Gasteiger partial charge in [-0.2, -0.15) is 0 Å². The van der Waals surface area contributed by atoms with E-state index in [4.69, 9.17) is 4.74 Å². The number of esters is 1. The van der Waals surface area contributed by atoms with Gasteiger partial charge in [0.15, 0.2) is 0 Å². The van der Waals surface area contributed by atoms with E-state index < -0.39 is 5.60 Å². The fourth-order valence-electron chi connectivity index (χ4n) is 2.52. The Morgan fingerprint density at radius 3 is 2.23 bits per heavy atom. The summed E-state index contributed by atoms with van der Waals surface area (Å²) in [5, 5.41) is 0. The zero-order valence-electron chi connectivity index (χ0n) is 14.9. The van der Waals surface area contributed by atoms with Crippen LogP contribution in [0.1, 0.15) is 65.9 Å². The lowest BCUT2D eigenvalue weighted by Crippen LogP contribution is -2.29. The topological polar surface area (TPSA) is 26.3 Å². The first-order valence-electron chi connectivity index (χ1n) is 8.54. The summed E-state index contributed by atoms with van der Waals surface area (Å²) < 4.78 is 5.61. The third-order valence-electron chi connectivity index (χ3n) is 3.70. The molecule has 0 bridgehead atoms. The van der Waals surface area contributed by atoms with Crippen LogP contribution in [0.3, 0.4) is 0 Å². The summed E-state index contributed by atoms with van der Waals surface area (Å²) in [6.45, 7) is 10.3. The molecule has 0 saturated heterocycles. The van der Waals surface area contributed by atoms with Gasteiger partial charge in [0.25, 0.3) is 0 Å². The van der Waals surface area contributed by atoms with Crippen molar-refractivity contribution in [3.8, 4) is 0 Å². The van der Waals surface area contributed by atoms with Crippen molar-refractivity contribution < 1.29 is 9.53 Å². The van der Waals surface area contributed by atoms with Crippen LogP contribution in [0, 0.1) is 11.8 Å². The van der Waals surface area contributed by atoms with Crippen molar-refractivity contribution >= 4 is 5.97 Å². The number of benzene rings is 1. The molecule has 0 amide bonds. The summed E-state index contributed by atoms with van der Waals surface area (Å²) in [4.78, 5) is 12.4. The molecule has 22 heavy (non-hydrogen) atoms.